The van der Waals surface area contributed by atoms with Crippen molar-refractivity contribution in [1.82, 2.24) is 0 Å². The third-order valence-electron chi connectivity index (χ3n) is 2.84. The highest BCUT2D eigenvalue weighted by molar-refractivity contribution is 6.16. The van der Waals surface area contributed by atoms with Gasteiger partial charge in [-0.3, -0.25) is 0 Å². The van der Waals surface area contributed by atoms with E-state index in [2.05, 4.69) is 6.58 Å². The predicted molar refractivity (Wildman–Crippen MR) is 73.3 cm³/mol. The second kappa shape index (κ2) is 5.19. The van der Waals surface area contributed by atoms with Crippen LogP contribution in [0.2, 0.25) is 0 Å². The zero-order valence-electron chi connectivity index (χ0n) is 10.1. The molecule has 2 aromatic carbocycles. The van der Waals surface area contributed by atoms with Crippen LogP contribution in [0.4, 0.5) is 0 Å². The highest BCUT2D eigenvalue weighted by Crippen LogP contribution is 2.28. The molecule has 0 fully saturated rings. The van der Waals surface area contributed by atoms with Gasteiger partial charge >= 0.3 is 5.97 Å². The Morgan fingerprint density at radius 2 is 1.74 bits per heavy atom. The number of hydrogen-bond acceptors (Lipinski definition) is 2. The van der Waals surface area contributed by atoms with Gasteiger partial charge in [0.1, 0.15) is 0 Å². The highest BCUT2D eigenvalue weighted by Gasteiger charge is 2.12. The summed E-state index contributed by atoms with van der Waals surface area (Å²) in [4.78, 5) is 11.0. The first-order valence-corrected chi connectivity index (χ1v) is 5.65. The van der Waals surface area contributed by atoms with Crippen LogP contribution in [-0.2, 0) is 4.79 Å². The van der Waals surface area contributed by atoms with E-state index >= 15 is 0 Å². The maximum absolute atomic E-state index is 11.0. The van der Waals surface area contributed by atoms with Gasteiger partial charge in [0.05, 0.1) is 17.2 Å². The molecule has 0 unspecified atom stereocenters. The predicted octanol–water partition coefficient (Wildman–Crippen LogP) is 3.32. The van der Waals surface area contributed by atoms with E-state index in [0.717, 1.165) is 11.1 Å². The third kappa shape index (κ3) is 2.53. The summed E-state index contributed by atoms with van der Waals surface area (Å²) in [6, 6.07) is 16.2. The quantitative estimate of drug-likeness (QED) is 0.849. The Labute approximate surface area is 111 Å². The van der Waals surface area contributed by atoms with Gasteiger partial charge in [-0.05, 0) is 28.8 Å². The van der Waals surface area contributed by atoms with Crippen molar-refractivity contribution in [2.24, 2.45) is 0 Å². The van der Waals surface area contributed by atoms with Gasteiger partial charge in [-0.15, -0.1) is 0 Å². The summed E-state index contributed by atoms with van der Waals surface area (Å²) in [6.45, 7) is 3.59. The van der Waals surface area contributed by atoms with E-state index in [1.165, 1.54) is 0 Å². The maximum atomic E-state index is 11.0. The fourth-order valence-electron chi connectivity index (χ4n) is 1.84. The molecule has 0 aliphatic carbocycles. The van der Waals surface area contributed by atoms with Gasteiger partial charge in [0.15, 0.2) is 0 Å². The summed E-state index contributed by atoms with van der Waals surface area (Å²) < 4.78 is 0. The minimum atomic E-state index is -1.04. The average molecular weight is 249 g/mol. The molecule has 0 spiro atoms. The molecule has 0 aliphatic rings. The number of aliphatic carboxylic acids is 1. The molecule has 0 aromatic heterocycles. The van der Waals surface area contributed by atoms with Crippen molar-refractivity contribution in [1.29, 1.82) is 5.26 Å². The summed E-state index contributed by atoms with van der Waals surface area (Å²) in [5.74, 6) is -1.04. The Balaban J connectivity index is 2.53. The van der Waals surface area contributed by atoms with Gasteiger partial charge in [-0.25, -0.2) is 4.79 Å². The molecule has 0 amide bonds. The molecule has 2 aromatic rings. The SMILES string of the molecule is C=C(C(=O)O)c1ccccc1-c1ccc(C#N)cc1. The number of rotatable bonds is 3. The molecule has 0 bridgehead atoms. The lowest BCUT2D eigenvalue weighted by Crippen LogP contribution is -1.99. The van der Waals surface area contributed by atoms with Crippen LogP contribution in [0.15, 0.2) is 55.1 Å². The fraction of sp³-hybridized carbons (Fsp3) is 0. The maximum Gasteiger partial charge on any atom is 0.335 e. The van der Waals surface area contributed by atoms with Gasteiger partial charge in [-0.1, -0.05) is 43.0 Å². The monoisotopic (exact) mass is 249 g/mol. The van der Waals surface area contributed by atoms with Crippen molar-refractivity contribution < 1.29 is 9.90 Å². The lowest BCUT2D eigenvalue weighted by Gasteiger charge is -2.09. The second-order valence-electron chi connectivity index (χ2n) is 4.02. The lowest BCUT2D eigenvalue weighted by molar-refractivity contribution is -0.130. The number of carbonyl (C=O) groups is 1. The molecule has 92 valence electrons. The molecule has 0 saturated heterocycles. The second-order valence-corrected chi connectivity index (χ2v) is 4.02. The van der Waals surface area contributed by atoms with Gasteiger partial charge in [0.25, 0.3) is 0 Å². The van der Waals surface area contributed by atoms with E-state index in [1.54, 1.807) is 36.4 Å². The zero-order valence-corrected chi connectivity index (χ0v) is 10.1. The minimum absolute atomic E-state index is 0.0555. The van der Waals surface area contributed by atoms with E-state index in [0.29, 0.717) is 11.1 Å². The number of nitriles is 1. The molecule has 19 heavy (non-hydrogen) atoms. The number of carboxylic acid groups (broad SMARTS) is 1. The van der Waals surface area contributed by atoms with E-state index in [4.69, 9.17) is 10.4 Å². The molecule has 0 atom stereocenters. The largest absolute Gasteiger partial charge is 0.478 e. The number of nitrogens with zero attached hydrogens (tertiary/aromatic N) is 1. The summed E-state index contributed by atoms with van der Waals surface area (Å²) >= 11 is 0. The average Bonchev–Trinajstić information content (AvgIpc) is 2.46. The molecule has 2 rings (SSSR count). The first-order valence-electron chi connectivity index (χ1n) is 5.65. The van der Waals surface area contributed by atoms with E-state index in [-0.39, 0.29) is 5.57 Å². The van der Waals surface area contributed by atoms with E-state index in [9.17, 15) is 4.79 Å². The third-order valence-corrected chi connectivity index (χ3v) is 2.84. The van der Waals surface area contributed by atoms with Gasteiger partial charge in [0, 0.05) is 0 Å². The van der Waals surface area contributed by atoms with Crippen molar-refractivity contribution >= 4 is 11.5 Å². The van der Waals surface area contributed by atoms with Crippen LogP contribution < -0.4 is 0 Å². The smallest absolute Gasteiger partial charge is 0.335 e. The molecular weight excluding hydrogens is 238 g/mol. The summed E-state index contributed by atoms with van der Waals surface area (Å²) in [6.07, 6.45) is 0. The van der Waals surface area contributed by atoms with Crippen molar-refractivity contribution in [2.75, 3.05) is 0 Å². The van der Waals surface area contributed by atoms with Crippen molar-refractivity contribution in [2.45, 2.75) is 0 Å². The standard InChI is InChI=1S/C16H11NO2/c1-11(16(18)19)14-4-2-3-5-15(14)13-8-6-12(10-17)7-9-13/h2-9H,1H2,(H,18,19). The number of carboxylic acids is 1. The Hall–Kier alpha value is -2.86. The van der Waals surface area contributed by atoms with Crippen molar-refractivity contribution in [3.05, 3.63) is 66.2 Å². The minimum Gasteiger partial charge on any atom is -0.478 e. The van der Waals surface area contributed by atoms with Gasteiger partial charge < -0.3 is 5.11 Å². The summed E-state index contributed by atoms with van der Waals surface area (Å²) in [7, 11) is 0. The molecule has 0 aliphatic heterocycles. The van der Waals surface area contributed by atoms with Crippen LogP contribution in [0, 0.1) is 11.3 Å². The van der Waals surface area contributed by atoms with Crippen LogP contribution in [0.25, 0.3) is 16.7 Å². The summed E-state index contributed by atoms with van der Waals surface area (Å²) in [5.41, 5.74) is 2.86. The van der Waals surface area contributed by atoms with Crippen LogP contribution in [0.5, 0.6) is 0 Å². The molecule has 0 heterocycles. The number of hydrogen-bond donors (Lipinski definition) is 1. The number of benzene rings is 2. The van der Waals surface area contributed by atoms with Crippen LogP contribution >= 0.6 is 0 Å². The molecule has 3 heteroatoms. The van der Waals surface area contributed by atoms with Crippen molar-refractivity contribution in [3.8, 4) is 17.2 Å². The molecule has 0 saturated carbocycles. The lowest BCUT2D eigenvalue weighted by atomic mass is 9.95. The Morgan fingerprint density at radius 1 is 1.11 bits per heavy atom. The molecule has 3 nitrogen and oxygen atoms in total. The first kappa shape index (κ1) is 12.6. The Morgan fingerprint density at radius 3 is 2.32 bits per heavy atom. The van der Waals surface area contributed by atoms with E-state index < -0.39 is 5.97 Å². The van der Waals surface area contributed by atoms with E-state index in [1.807, 2.05) is 18.2 Å². The van der Waals surface area contributed by atoms with Crippen molar-refractivity contribution in [3.63, 3.8) is 0 Å². The molecule has 1 N–H and O–H groups in total. The fourth-order valence-corrected chi connectivity index (χ4v) is 1.84. The molecule has 0 radical (unpaired) electrons. The first-order chi connectivity index (χ1) is 9.13. The topological polar surface area (TPSA) is 61.1 Å². The Bertz CT molecular complexity index is 679. The molecular formula is C16H11NO2. The highest BCUT2D eigenvalue weighted by atomic mass is 16.4. The Kier molecular flexibility index (Phi) is 3.44. The van der Waals surface area contributed by atoms with Crippen LogP contribution in [-0.4, -0.2) is 11.1 Å². The summed E-state index contributed by atoms with van der Waals surface area (Å²) in [5, 5.41) is 17.8. The zero-order chi connectivity index (χ0) is 13.8. The van der Waals surface area contributed by atoms with Gasteiger partial charge in [-0.2, -0.15) is 5.26 Å². The normalized spacial score (nSPS) is 9.63. The van der Waals surface area contributed by atoms with Crippen LogP contribution in [0.3, 0.4) is 0 Å². The van der Waals surface area contributed by atoms with Gasteiger partial charge in [0.2, 0.25) is 0 Å². The van der Waals surface area contributed by atoms with Crippen LogP contribution in [0.1, 0.15) is 11.1 Å².